The highest BCUT2D eigenvalue weighted by Crippen LogP contribution is 2.28. The minimum absolute atomic E-state index is 0.000180. The Morgan fingerprint density at radius 3 is 3.19 bits per heavy atom. The van der Waals surface area contributed by atoms with Gasteiger partial charge in [-0.05, 0) is 23.6 Å². The molecule has 1 atom stereocenters. The van der Waals surface area contributed by atoms with Crippen LogP contribution in [0.3, 0.4) is 0 Å². The molecular weight excluding hydrogens is 202 g/mol. The molecule has 1 aromatic rings. The second-order valence-electron chi connectivity index (χ2n) is 4.24. The van der Waals surface area contributed by atoms with Gasteiger partial charge in [0.1, 0.15) is 12.7 Å². The van der Waals surface area contributed by atoms with E-state index in [0.717, 1.165) is 24.1 Å². The number of amides is 1. The van der Waals surface area contributed by atoms with Gasteiger partial charge < -0.3 is 4.74 Å². The lowest BCUT2D eigenvalue weighted by Gasteiger charge is -2.16. The molecule has 1 aliphatic carbocycles. The molecule has 1 heterocycles. The van der Waals surface area contributed by atoms with Crippen LogP contribution in [0.4, 0.5) is 0 Å². The fourth-order valence-corrected chi connectivity index (χ4v) is 2.34. The van der Waals surface area contributed by atoms with Crippen molar-refractivity contribution in [3.8, 4) is 0 Å². The summed E-state index contributed by atoms with van der Waals surface area (Å²) in [7, 11) is 0. The van der Waals surface area contributed by atoms with Gasteiger partial charge in [0.15, 0.2) is 0 Å². The van der Waals surface area contributed by atoms with E-state index in [2.05, 4.69) is 30.1 Å². The van der Waals surface area contributed by atoms with Gasteiger partial charge in [0.2, 0.25) is 0 Å². The van der Waals surface area contributed by atoms with Crippen molar-refractivity contribution >= 4 is 11.6 Å². The zero-order valence-corrected chi connectivity index (χ0v) is 9.19. The number of fused-ring (bicyclic) bond motifs is 3. The first-order chi connectivity index (χ1) is 7.78. The van der Waals surface area contributed by atoms with Crippen molar-refractivity contribution in [1.82, 2.24) is 0 Å². The molecule has 1 amide bonds. The SMILES string of the molecule is CCc1ccc2c(c1)C1=NC(=O)CO[C@@H]1C2. The quantitative estimate of drug-likeness (QED) is 0.712. The van der Waals surface area contributed by atoms with Gasteiger partial charge >= 0.3 is 0 Å². The number of hydrogen-bond donors (Lipinski definition) is 0. The summed E-state index contributed by atoms with van der Waals surface area (Å²) in [5.74, 6) is -0.166. The minimum Gasteiger partial charge on any atom is -0.362 e. The molecule has 0 bridgehead atoms. The Morgan fingerprint density at radius 1 is 1.50 bits per heavy atom. The smallest absolute Gasteiger partial charge is 0.272 e. The van der Waals surface area contributed by atoms with Crippen LogP contribution in [0.15, 0.2) is 23.2 Å². The molecule has 0 aromatic heterocycles. The molecule has 0 saturated carbocycles. The van der Waals surface area contributed by atoms with Crippen LogP contribution in [0, 0.1) is 0 Å². The molecule has 16 heavy (non-hydrogen) atoms. The molecule has 3 nitrogen and oxygen atoms in total. The number of ether oxygens (including phenoxy) is 1. The largest absolute Gasteiger partial charge is 0.362 e. The van der Waals surface area contributed by atoms with Gasteiger partial charge in [0, 0.05) is 12.0 Å². The molecule has 0 fully saturated rings. The van der Waals surface area contributed by atoms with Crippen LogP contribution in [0.1, 0.15) is 23.6 Å². The third-order valence-corrected chi connectivity index (χ3v) is 3.22. The second kappa shape index (κ2) is 3.52. The Hall–Kier alpha value is -1.48. The molecule has 0 unspecified atom stereocenters. The summed E-state index contributed by atoms with van der Waals surface area (Å²) in [5, 5.41) is 0. The monoisotopic (exact) mass is 215 g/mol. The fraction of sp³-hybridized carbons (Fsp3) is 0.385. The Kier molecular flexibility index (Phi) is 2.14. The molecule has 3 heteroatoms. The fourth-order valence-electron chi connectivity index (χ4n) is 2.34. The van der Waals surface area contributed by atoms with Crippen molar-refractivity contribution in [3.63, 3.8) is 0 Å². The predicted octanol–water partition coefficient (Wildman–Crippen LogP) is 1.52. The second-order valence-corrected chi connectivity index (χ2v) is 4.24. The number of rotatable bonds is 1. The van der Waals surface area contributed by atoms with E-state index >= 15 is 0 Å². The van der Waals surface area contributed by atoms with Crippen molar-refractivity contribution in [2.45, 2.75) is 25.9 Å². The third-order valence-electron chi connectivity index (χ3n) is 3.22. The van der Waals surface area contributed by atoms with Crippen LogP contribution in [-0.4, -0.2) is 24.3 Å². The van der Waals surface area contributed by atoms with Gasteiger partial charge in [-0.3, -0.25) is 4.79 Å². The van der Waals surface area contributed by atoms with Crippen LogP contribution < -0.4 is 0 Å². The first-order valence-electron chi connectivity index (χ1n) is 5.63. The van der Waals surface area contributed by atoms with E-state index < -0.39 is 0 Å². The van der Waals surface area contributed by atoms with Gasteiger partial charge in [0.05, 0.1) is 5.71 Å². The molecule has 0 radical (unpaired) electrons. The topological polar surface area (TPSA) is 38.7 Å². The van der Waals surface area contributed by atoms with Crippen molar-refractivity contribution in [3.05, 3.63) is 34.9 Å². The van der Waals surface area contributed by atoms with E-state index in [4.69, 9.17) is 4.74 Å². The lowest BCUT2D eigenvalue weighted by atomic mass is 10.0. The number of aryl methyl sites for hydroxylation is 1. The van der Waals surface area contributed by atoms with Crippen molar-refractivity contribution in [2.24, 2.45) is 4.99 Å². The molecule has 82 valence electrons. The van der Waals surface area contributed by atoms with E-state index in [-0.39, 0.29) is 18.6 Å². The lowest BCUT2D eigenvalue weighted by Crippen LogP contribution is -2.30. The number of nitrogens with zero attached hydrogens (tertiary/aromatic N) is 1. The normalized spacial score (nSPS) is 22.7. The number of carbonyl (C=O) groups excluding carboxylic acids is 1. The van der Waals surface area contributed by atoms with Gasteiger partial charge in [-0.2, -0.15) is 0 Å². The maximum absolute atomic E-state index is 11.3. The Morgan fingerprint density at radius 2 is 2.38 bits per heavy atom. The highest BCUT2D eigenvalue weighted by Gasteiger charge is 2.33. The first kappa shape index (κ1) is 9.73. The number of aliphatic imine (C=N–C) groups is 1. The zero-order chi connectivity index (χ0) is 11.1. The molecule has 0 spiro atoms. The summed E-state index contributed by atoms with van der Waals surface area (Å²) in [6.45, 7) is 2.25. The van der Waals surface area contributed by atoms with Gasteiger partial charge in [-0.25, -0.2) is 4.99 Å². The summed E-state index contributed by atoms with van der Waals surface area (Å²) in [6, 6.07) is 6.40. The van der Waals surface area contributed by atoms with Crippen LogP contribution in [0.2, 0.25) is 0 Å². The number of carbonyl (C=O) groups is 1. The van der Waals surface area contributed by atoms with Gasteiger partial charge in [-0.15, -0.1) is 0 Å². The van der Waals surface area contributed by atoms with Crippen LogP contribution in [0.5, 0.6) is 0 Å². The third kappa shape index (κ3) is 1.39. The Labute approximate surface area is 94.1 Å². The average molecular weight is 215 g/mol. The van der Waals surface area contributed by atoms with Crippen molar-refractivity contribution < 1.29 is 9.53 Å². The van der Waals surface area contributed by atoms with Crippen LogP contribution >= 0.6 is 0 Å². The van der Waals surface area contributed by atoms with Crippen LogP contribution in [0.25, 0.3) is 0 Å². The zero-order valence-electron chi connectivity index (χ0n) is 9.19. The molecule has 0 saturated heterocycles. The van der Waals surface area contributed by atoms with Crippen LogP contribution in [-0.2, 0) is 22.4 Å². The summed E-state index contributed by atoms with van der Waals surface area (Å²) in [6.07, 6.45) is 1.85. The summed E-state index contributed by atoms with van der Waals surface area (Å²) < 4.78 is 5.49. The maximum Gasteiger partial charge on any atom is 0.272 e. The summed E-state index contributed by atoms with van der Waals surface area (Å²) in [5.41, 5.74) is 4.47. The number of benzene rings is 1. The highest BCUT2D eigenvalue weighted by molar-refractivity contribution is 6.13. The van der Waals surface area contributed by atoms with E-state index in [9.17, 15) is 4.79 Å². The van der Waals surface area contributed by atoms with Gasteiger partial charge in [-0.1, -0.05) is 19.1 Å². The Bertz CT molecular complexity index is 491. The minimum atomic E-state index is -0.166. The lowest BCUT2D eigenvalue weighted by molar-refractivity contribution is -0.124. The standard InChI is InChI=1S/C13H13NO2/c1-2-8-3-4-9-6-11-13(10(9)5-8)14-12(15)7-16-11/h3-5,11H,2,6-7H2,1H3/t11-/m1/s1. The number of hydrogen-bond acceptors (Lipinski definition) is 2. The summed E-state index contributed by atoms with van der Waals surface area (Å²) in [4.78, 5) is 15.4. The average Bonchev–Trinajstić information content (AvgIpc) is 2.66. The molecule has 3 rings (SSSR count). The van der Waals surface area contributed by atoms with E-state index in [1.54, 1.807) is 0 Å². The first-order valence-corrected chi connectivity index (χ1v) is 5.63. The van der Waals surface area contributed by atoms with E-state index in [1.807, 2.05) is 0 Å². The van der Waals surface area contributed by atoms with Crippen molar-refractivity contribution in [2.75, 3.05) is 6.61 Å². The predicted molar refractivity (Wildman–Crippen MR) is 60.8 cm³/mol. The van der Waals surface area contributed by atoms with E-state index in [0.29, 0.717) is 0 Å². The maximum atomic E-state index is 11.3. The molecule has 1 aromatic carbocycles. The highest BCUT2D eigenvalue weighted by atomic mass is 16.5. The molecule has 0 N–H and O–H groups in total. The molecular formula is C13H13NO2. The van der Waals surface area contributed by atoms with Gasteiger partial charge in [0.25, 0.3) is 5.91 Å². The van der Waals surface area contributed by atoms with Crippen molar-refractivity contribution in [1.29, 1.82) is 0 Å². The van der Waals surface area contributed by atoms with E-state index in [1.165, 1.54) is 11.1 Å². The molecule has 2 aliphatic rings. The Balaban J connectivity index is 2.11. The molecule has 1 aliphatic heterocycles. The summed E-state index contributed by atoms with van der Waals surface area (Å²) >= 11 is 0.